The van der Waals surface area contributed by atoms with Crippen molar-refractivity contribution >= 4 is 5.97 Å². The molecule has 1 aromatic heterocycles. The maximum atomic E-state index is 11.3. The highest BCUT2D eigenvalue weighted by Gasteiger charge is 2.21. The molecule has 0 fully saturated rings. The van der Waals surface area contributed by atoms with E-state index in [2.05, 4.69) is 0 Å². The first-order valence-corrected chi connectivity index (χ1v) is 5.21. The number of carboxylic acids is 1. The number of hydrogen-bond acceptors (Lipinski definition) is 2. The third kappa shape index (κ3) is 2.30. The highest BCUT2D eigenvalue weighted by molar-refractivity contribution is 5.76. The van der Waals surface area contributed by atoms with Gasteiger partial charge in [-0.3, -0.25) is 0 Å². The first kappa shape index (κ1) is 11.3. The summed E-state index contributed by atoms with van der Waals surface area (Å²) in [5.74, 6) is -0.240. The molecule has 0 spiro atoms. The zero-order valence-corrected chi connectivity index (χ0v) is 9.41. The number of carboxylic acid groups (broad SMARTS) is 1. The average Bonchev–Trinajstić information content (AvgIpc) is 2.83. The van der Waals surface area contributed by atoms with Gasteiger partial charge in [0.1, 0.15) is 5.75 Å². The molecule has 0 aliphatic heterocycles. The first-order chi connectivity index (χ1) is 8.22. The lowest BCUT2D eigenvalue weighted by Crippen LogP contribution is -2.18. The van der Waals surface area contributed by atoms with Crippen molar-refractivity contribution in [3.8, 4) is 5.75 Å². The number of benzene rings is 1. The Morgan fingerprint density at radius 1 is 1.29 bits per heavy atom. The van der Waals surface area contributed by atoms with Gasteiger partial charge < -0.3 is 14.4 Å². The number of hydrogen-bond donors (Lipinski definition) is 1. The Hall–Kier alpha value is -2.23. The molecule has 0 radical (unpaired) electrons. The molecule has 0 saturated carbocycles. The molecular formula is C13H13NO3. The summed E-state index contributed by atoms with van der Waals surface area (Å²) in [6.07, 6.45) is 3.47. The minimum Gasteiger partial charge on any atom is -0.497 e. The monoisotopic (exact) mass is 231 g/mol. The van der Waals surface area contributed by atoms with Gasteiger partial charge in [0, 0.05) is 12.4 Å². The maximum absolute atomic E-state index is 11.3. The fraction of sp³-hybridized carbons (Fsp3) is 0.154. The maximum Gasteiger partial charge on any atom is 0.331 e. The van der Waals surface area contributed by atoms with Crippen LogP contribution in [0, 0.1) is 0 Å². The second-order valence-electron chi connectivity index (χ2n) is 3.65. The molecule has 1 unspecified atom stereocenters. The van der Waals surface area contributed by atoms with Gasteiger partial charge in [-0.2, -0.15) is 0 Å². The van der Waals surface area contributed by atoms with Crippen LogP contribution in [-0.4, -0.2) is 22.8 Å². The molecule has 1 atom stereocenters. The van der Waals surface area contributed by atoms with Crippen molar-refractivity contribution in [2.45, 2.75) is 6.04 Å². The Morgan fingerprint density at radius 2 is 2.00 bits per heavy atom. The van der Waals surface area contributed by atoms with Gasteiger partial charge in [0.05, 0.1) is 7.11 Å². The Bertz CT molecular complexity index is 505. The minimum absolute atomic E-state index is 0.654. The van der Waals surface area contributed by atoms with Crippen LogP contribution in [0.4, 0.5) is 0 Å². The van der Waals surface area contributed by atoms with Crippen molar-refractivity contribution in [2.75, 3.05) is 7.11 Å². The molecule has 4 nitrogen and oxygen atoms in total. The van der Waals surface area contributed by atoms with Crippen LogP contribution in [0.25, 0.3) is 0 Å². The Kier molecular flexibility index (Phi) is 3.14. The molecule has 0 aliphatic rings. The largest absolute Gasteiger partial charge is 0.497 e. The summed E-state index contributed by atoms with van der Waals surface area (Å²) in [5, 5.41) is 9.30. The summed E-state index contributed by atoms with van der Waals surface area (Å²) in [7, 11) is 1.56. The molecule has 0 saturated heterocycles. The number of methoxy groups -OCH3 is 1. The molecule has 0 aliphatic carbocycles. The molecule has 0 bridgehead atoms. The van der Waals surface area contributed by atoms with Gasteiger partial charge >= 0.3 is 5.97 Å². The summed E-state index contributed by atoms with van der Waals surface area (Å²) in [4.78, 5) is 11.3. The van der Waals surface area contributed by atoms with E-state index in [0.717, 1.165) is 0 Å². The number of nitrogens with zero attached hydrogens (tertiary/aromatic N) is 1. The predicted molar refractivity (Wildman–Crippen MR) is 63.2 cm³/mol. The van der Waals surface area contributed by atoms with Gasteiger partial charge in [-0.1, -0.05) is 12.1 Å². The van der Waals surface area contributed by atoms with Gasteiger partial charge in [-0.15, -0.1) is 0 Å². The van der Waals surface area contributed by atoms with Crippen molar-refractivity contribution in [1.29, 1.82) is 0 Å². The first-order valence-electron chi connectivity index (χ1n) is 5.21. The van der Waals surface area contributed by atoms with Crippen LogP contribution >= 0.6 is 0 Å². The van der Waals surface area contributed by atoms with E-state index in [-0.39, 0.29) is 0 Å². The van der Waals surface area contributed by atoms with Crippen LogP contribution in [0.1, 0.15) is 11.6 Å². The summed E-state index contributed by atoms with van der Waals surface area (Å²) in [5.41, 5.74) is 0.688. The number of ether oxygens (including phenoxy) is 1. The smallest absolute Gasteiger partial charge is 0.331 e. The fourth-order valence-corrected chi connectivity index (χ4v) is 1.77. The zero-order chi connectivity index (χ0) is 12.3. The summed E-state index contributed by atoms with van der Waals surface area (Å²) in [6, 6.07) is 9.97. The Balaban J connectivity index is 2.43. The molecule has 0 amide bonds. The number of aromatic nitrogens is 1. The summed E-state index contributed by atoms with van der Waals surface area (Å²) >= 11 is 0. The van der Waals surface area contributed by atoms with Gasteiger partial charge in [-0.05, 0) is 29.8 Å². The van der Waals surface area contributed by atoms with Crippen LogP contribution in [0.3, 0.4) is 0 Å². The normalized spacial score (nSPS) is 12.1. The van der Waals surface area contributed by atoms with E-state index in [1.165, 1.54) is 0 Å². The van der Waals surface area contributed by atoms with Gasteiger partial charge in [0.25, 0.3) is 0 Å². The highest BCUT2D eigenvalue weighted by atomic mass is 16.5. The predicted octanol–water partition coefficient (Wildman–Crippen LogP) is 2.17. The summed E-state index contributed by atoms with van der Waals surface area (Å²) in [6.45, 7) is 0. The lowest BCUT2D eigenvalue weighted by Gasteiger charge is -2.15. The fourth-order valence-electron chi connectivity index (χ4n) is 1.77. The Morgan fingerprint density at radius 3 is 2.59 bits per heavy atom. The topological polar surface area (TPSA) is 51.5 Å². The van der Waals surface area contributed by atoms with Crippen LogP contribution in [0.2, 0.25) is 0 Å². The molecule has 88 valence electrons. The zero-order valence-electron chi connectivity index (χ0n) is 9.41. The molecule has 1 N–H and O–H groups in total. The third-order valence-electron chi connectivity index (χ3n) is 2.57. The van der Waals surface area contributed by atoms with E-state index in [9.17, 15) is 9.90 Å². The Labute approximate surface area is 99.1 Å². The van der Waals surface area contributed by atoms with E-state index in [1.807, 2.05) is 0 Å². The SMILES string of the molecule is COc1cccc(C(C(=O)O)n2cccc2)c1. The van der Waals surface area contributed by atoms with Crippen LogP contribution in [0.15, 0.2) is 48.8 Å². The second kappa shape index (κ2) is 4.74. The van der Waals surface area contributed by atoms with Crippen molar-refractivity contribution in [3.05, 3.63) is 54.4 Å². The number of rotatable bonds is 4. The molecule has 17 heavy (non-hydrogen) atoms. The molecule has 1 heterocycles. The lowest BCUT2D eigenvalue weighted by atomic mass is 10.1. The summed E-state index contributed by atoms with van der Waals surface area (Å²) < 4.78 is 6.75. The van der Waals surface area contributed by atoms with E-state index < -0.39 is 12.0 Å². The van der Waals surface area contributed by atoms with E-state index in [1.54, 1.807) is 60.5 Å². The minimum atomic E-state index is -0.894. The molecule has 2 rings (SSSR count). The van der Waals surface area contributed by atoms with Crippen LogP contribution in [0.5, 0.6) is 5.75 Å². The van der Waals surface area contributed by atoms with E-state index >= 15 is 0 Å². The van der Waals surface area contributed by atoms with Gasteiger partial charge in [-0.25, -0.2) is 4.79 Å². The van der Waals surface area contributed by atoms with Crippen molar-refractivity contribution in [1.82, 2.24) is 4.57 Å². The van der Waals surface area contributed by atoms with Crippen LogP contribution in [-0.2, 0) is 4.79 Å². The molecular weight excluding hydrogens is 218 g/mol. The van der Waals surface area contributed by atoms with E-state index in [0.29, 0.717) is 11.3 Å². The quantitative estimate of drug-likeness (QED) is 0.877. The number of carbonyl (C=O) groups is 1. The molecule has 1 aromatic carbocycles. The van der Waals surface area contributed by atoms with Crippen molar-refractivity contribution in [3.63, 3.8) is 0 Å². The standard InChI is InChI=1S/C13H13NO3/c1-17-11-6-4-5-10(9-11)12(13(15)16)14-7-2-3-8-14/h2-9,12H,1H3,(H,15,16). The van der Waals surface area contributed by atoms with Crippen molar-refractivity contribution < 1.29 is 14.6 Å². The second-order valence-corrected chi connectivity index (χ2v) is 3.65. The lowest BCUT2D eigenvalue weighted by molar-refractivity contribution is -0.139. The molecule has 4 heteroatoms. The third-order valence-corrected chi connectivity index (χ3v) is 2.57. The van der Waals surface area contributed by atoms with Crippen molar-refractivity contribution in [2.24, 2.45) is 0 Å². The van der Waals surface area contributed by atoms with Gasteiger partial charge in [0.2, 0.25) is 0 Å². The molecule has 2 aromatic rings. The average molecular weight is 231 g/mol. The van der Waals surface area contributed by atoms with E-state index in [4.69, 9.17) is 4.74 Å². The van der Waals surface area contributed by atoms with Crippen LogP contribution < -0.4 is 4.74 Å². The number of aliphatic carboxylic acids is 1. The van der Waals surface area contributed by atoms with Gasteiger partial charge in [0.15, 0.2) is 6.04 Å². The highest BCUT2D eigenvalue weighted by Crippen LogP contribution is 2.22.